The van der Waals surface area contributed by atoms with Crippen LogP contribution in [0.2, 0.25) is 0 Å². The number of oxime groups is 1. The molecule has 2 aromatic rings. The number of nitrogens with two attached hydrogens (primary N) is 1. The zero-order valence-corrected chi connectivity index (χ0v) is 10.7. The number of rotatable bonds is 2. The minimum Gasteiger partial charge on any atom is -0.409 e. The standard InChI is InChI=1S/C12H11F2N5O2/c13-5-3-7-6(8(14)4-5)1-2-9(7)16-12(17-20)10-11(15)19-21-18-10/h3-4,9,20H,1-2H2,(H2,15,19)(H,16,17). The molecule has 1 aliphatic carbocycles. The molecule has 1 atom stereocenters. The summed E-state index contributed by atoms with van der Waals surface area (Å²) in [5.41, 5.74) is 6.46. The maximum atomic E-state index is 13.7. The van der Waals surface area contributed by atoms with Gasteiger partial charge >= 0.3 is 0 Å². The van der Waals surface area contributed by atoms with Crippen LogP contribution in [0.25, 0.3) is 0 Å². The number of nitrogens with one attached hydrogen (secondary N) is 1. The topological polar surface area (TPSA) is 110 Å². The summed E-state index contributed by atoms with van der Waals surface area (Å²) in [6.07, 6.45) is 0.963. The summed E-state index contributed by atoms with van der Waals surface area (Å²) >= 11 is 0. The number of benzene rings is 1. The van der Waals surface area contributed by atoms with E-state index >= 15 is 0 Å². The lowest BCUT2D eigenvalue weighted by Gasteiger charge is -2.15. The number of halogens is 2. The molecule has 0 aliphatic heterocycles. The van der Waals surface area contributed by atoms with Crippen LogP contribution < -0.4 is 11.1 Å². The van der Waals surface area contributed by atoms with Gasteiger partial charge in [0.05, 0.1) is 6.04 Å². The molecule has 0 saturated heterocycles. The van der Waals surface area contributed by atoms with Crippen LogP contribution in [0.5, 0.6) is 0 Å². The Hall–Kier alpha value is -2.71. The van der Waals surface area contributed by atoms with Gasteiger partial charge in [-0.1, -0.05) is 5.16 Å². The second kappa shape index (κ2) is 5.00. The highest BCUT2D eigenvalue weighted by atomic mass is 19.1. The lowest BCUT2D eigenvalue weighted by Crippen LogP contribution is -2.29. The van der Waals surface area contributed by atoms with Gasteiger partial charge in [0.15, 0.2) is 17.3 Å². The van der Waals surface area contributed by atoms with Crippen LogP contribution in [0, 0.1) is 11.6 Å². The van der Waals surface area contributed by atoms with E-state index < -0.39 is 17.7 Å². The molecule has 4 N–H and O–H groups in total. The summed E-state index contributed by atoms with van der Waals surface area (Å²) in [7, 11) is 0. The van der Waals surface area contributed by atoms with Crippen molar-refractivity contribution in [1.82, 2.24) is 15.6 Å². The largest absolute Gasteiger partial charge is 0.409 e. The molecule has 0 bridgehead atoms. The summed E-state index contributed by atoms with van der Waals surface area (Å²) in [4.78, 5) is 0. The summed E-state index contributed by atoms with van der Waals surface area (Å²) in [6.45, 7) is 0. The molecule has 1 aromatic carbocycles. The lowest BCUT2D eigenvalue weighted by atomic mass is 10.1. The van der Waals surface area contributed by atoms with Gasteiger partial charge in [-0.25, -0.2) is 13.4 Å². The average Bonchev–Trinajstić information content (AvgIpc) is 3.03. The number of aromatic nitrogens is 2. The van der Waals surface area contributed by atoms with Gasteiger partial charge in [0.25, 0.3) is 0 Å². The van der Waals surface area contributed by atoms with E-state index in [0.717, 1.165) is 6.07 Å². The first-order valence-electron chi connectivity index (χ1n) is 6.15. The van der Waals surface area contributed by atoms with Crippen LogP contribution in [-0.2, 0) is 6.42 Å². The number of nitrogens with zero attached hydrogens (tertiary/aromatic N) is 3. The molecule has 9 heteroatoms. The third kappa shape index (κ3) is 2.26. The predicted octanol–water partition coefficient (Wildman–Crippen LogP) is 1.34. The highest BCUT2D eigenvalue weighted by molar-refractivity contribution is 6.00. The second-order valence-electron chi connectivity index (χ2n) is 4.64. The fraction of sp³-hybridized carbons (Fsp3) is 0.250. The van der Waals surface area contributed by atoms with Gasteiger partial charge in [-0.3, -0.25) is 0 Å². The highest BCUT2D eigenvalue weighted by Gasteiger charge is 2.28. The third-order valence-electron chi connectivity index (χ3n) is 3.40. The fourth-order valence-corrected chi connectivity index (χ4v) is 2.46. The zero-order valence-electron chi connectivity index (χ0n) is 10.7. The van der Waals surface area contributed by atoms with Crippen molar-refractivity contribution >= 4 is 11.7 Å². The van der Waals surface area contributed by atoms with Crippen molar-refractivity contribution in [2.45, 2.75) is 18.9 Å². The van der Waals surface area contributed by atoms with E-state index in [1.807, 2.05) is 0 Å². The van der Waals surface area contributed by atoms with E-state index in [2.05, 4.69) is 25.4 Å². The van der Waals surface area contributed by atoms with Crippen molar-refractivity contribution in [3.63, 3.8) is 0 Å². The molecule has 3 rings (SSSR count). The third-order valence-corrected chi connectivity index (χ3v) is 3.40. The van der Waals surface area contributed by atoms with Crippen LogP contribution in [-0.4, -0.2) is 21.4 Å². The normalized spacial score (nSPS) is 17.8. The molecule has 1 unspecified atom stereocenters. The van der Waals surface area contributed by atoms with Gasteiger partial charge in [0.2, 0.25) is 0 Å². The van der Waals surface area contributed by atoms with E-state index in [9.17, 15) is 8.78 Å². The average molecular weight is 295 g/mol. The van der Waals surface area contributed by atoms with Crippen LogP contribution >= 0.6 is 0 Å². The molecule has 0 amide bonds. The van der Waals surface area contributed by atoms with Crippen molar-refractivity contribution in [3.8, 4) is 0 Å². The minimum absolute atomic E-state index is 0.0304. The molecule has 1 aromatic heterocycles. The number of fused-ring (bicyclic) bond motifs is 1. The van der Waals surface area contributed by atoms with Gasteiger partial charge < -0.3 is 16.3 Å². The number of anilines is 1. The first-order valence-corrected chi connectivity index (χ1v) is 6.15. The molecular weight excluding hydrogens is 284 g/mol. The number of hydrogen-bond acceptors (Lipinski definition) is 6. The smallest absolute Gasteiger partial charge is 0.199 e. The highest BCUT2D eigenvalue weighted by Crippen LogP contribution is 2.33. The Kier molecular flexibility index (Phi) is 3.16. The molecule has 0 fully saturated rings. The van der Waals surface area contributed by atoms with Crippen molar-refractivity contribution in [3.05, 3.63) is 40.6 Å². The molecule has 0 radical (unpaired) electrons. The number of hydrogen-bond donors (Lipinski definition) is 3. The maximum Gasteiger partial charge on any atom is 0.199 e. The van der Waals surface area contributed by atoms with Gasteiger partial charge in [0.1, 0.15) is 11.6 Å². The summed E-state index contributed by atoms with van der Waals surface area (Å²) < 4.78 is 31.4. The van der Waals surface area contributed by atoms with Crippen molar-refractivity contribution in [2.75, 3.05) is 5.73 Å². The number of nitrogen functional groups attached to an aromatic ring is 1. The van der Waals surface area contributed by atoms with Crippen molar-refractivity contribution in [2.24, 2.45) is 5.16 Å². The summed E-state index contributed by atoms with van der Waals surface area (Å²) in [6, 6.07) is 1.68. The number of amidine groups is 1. The predicted molar refractivity (Wildman–Crippen MR) is 67.6 cm³/mol. The quantitative estimate of drug-likeness (QED) is 0.334. The Morgan fingerprint density at radius 1 is 1.43 bits per heavy atom. The van der Waals surface area contributed by atoms with E-state index in [0.29, 0.717) is 24.0 Å². The van der Waals surface area contributed by atoms with E-state index in [-0.39, 0.29) is 17.3 Å². The van der Waals surface area contributed by atoms with E-state index in [4.69, 9.17) is 10.9 Å². The molecule has 1 aliphatic rings. The van der Waals surface area contributed by atoms with Gasteiger partial charge in [0, 0.05) is 6.07 Å². The van der Waals surface area contributed by atoms with Gasteiger partial charge in [-0.2, -0.15) is 0 Å². The lowest BCUT2D eigenvalue weighted by molar-refractivity contribution is 0.303. The SMILES string of the molecule is Nc1nonc1/C(=N/O)NC1CCc2c(F)cc(F)cc21. The van der Waals surface area contributed by atoms with Crippen LogP contribution in [0.1, 0.15) is 29.3 Å². The maximum absolute atomic E-state index is 13.7. The van der Waals surface area contributed by atoms with Crippen molar-refractivity contribution in [1.29, 1.82) is 0 Å². The Labute approximate surface area is 117 Å². The Bertz CT molecular complexity index is 716. The first kappa shape index (κ1) is 13.3. The van der Waals surface area contributed by atoms with Gasteiger partial charge in [-0.15, -0.1) is 0 Å². The summed E-state index contributed by atoms with van der Waals surface area (Å²) in [5, 5.41) is 21.8. The molecule has 1 heterocycles. The van der Waals surface area contributed by atoms with Crippen LogP contribution in [0.3, 0.4) is 0 Å². The van der Waals surface area contributed by atoms with Crippen LogP contribution in [0.15, 0.2) is 21.9 Å². The molecular formula is C12H11F2N5O2. The van der Waals surface area contributed by atoms with Crippen LogP contribution in [0.4, 0.5) is 14.6 Å². The van der Waals surface area contributed by atoms with E-state index in [1.165, 1.54) is 6.07 Å². The Balaban J connectivity index is 1.90. The minimum atomic E-state index is -0.662. The molecule has 0 spiro atoms. The second-order valence-corrected chi connectivity index (χ2v) is 4.64. The fourth-order valence-electron chi connectivity index (χ4n) is 2.46. The molecule has 21 heavy (non-hydrogen) atoms. The Morgan fingerprint density at radius 3 is 2.90 bits per heavy atom. The molecule has 110 valence electrons. The summed E-state index contributed by atoms with van der Waals surface area (Å²) in [5.74, 6) is -1.38. The van der Waals surface area contributed by atoms with E-state index in [1.54, 1.807) is 0 Å². The molecule has 0 saturated carbocycles. The monoisotopic (exact) mass is 295 g/mol. The zero-order chi connectivity index (χ0) is 15.0. The van der Waals surface area contributed by atoms with Crippen molar-refractivity contribution < 1.29 is 18.6 Å². The van der Waals surface area contributed by atoms with Gasteiger partial charge in [-0.05, 0) is 40.3 Å². The first-order chi connectivity index (χ1) is 10.1. The Morgan fingerprint density at radius 2 is 2.24 bits per heavy atom. The molecule has 7 nitrogen and oxygen atoms in total.